The van der Waals surface area contributed by atoms with Crippen molar-refractivity contribution in [3.05, 3.63) is 77.9 Å². The number of hydrogen-bond donors (Lipinski definition) is 0. The lowest BCUT2D eigenvalue weighted by Gasteiger charge is -2.39. The number of methoxy groups -OCH3 is 2. The standard InChI is InChI=1S/C31H38N2O4S2/c1-32(20-18-23-12-17-27(35-3)28(22-23)36-4)19-8-9-21-37-25-15-13-24(14-16-25)31(38-5)30(34)33(2)26-10-6-7-11-29(26)39-31/h6-7,10-17,22H,8-9,18-21H2,1-5H3. The molecule has 208 valence electrons. The molecule has 3 aromatic rings. The third kappa shape index (κ3) is 6.68. The molecular formula is C31H38N2O4S2. The zero-order chi connectivity index (χ0) is 27.8. The monoisotopic (exact) mass is 566 g/mol. The molecular weight excluding hydrogens is 528 g/mol. The maximum absolute atomic E-state index is 13.4. The molecule has 1 amide bonds. The van der Waals surface area contributed by atoms with Gasteiger partial charge in [-0.3, -0.25) is 4.79 Å². The Bertz CT molecular complexity index is 1250. The number of para-hydroxylation sites is 1. The molecule has 1 heterocycles. The summed E-state index contributed by atoms with van der Waals surface area (Å²) in [7, 11) is 7.33. The molecule has 0 aromatic heterocycles. The predicted octanol–water partition coefficient (Wildman–Crippen LogP) is 6.32. The van der Waals surface area contributed by atoms with Gasteiger partial charge in [0.1, 0.15) is 5.75 Å². The van der Waals surface area contributed by atoms with E-state index < -0.39 is 4.08 Å². The lowest BCUT2D eigenvalue weighted by Crippen LogP contribution is -2.44. The van der Waals surface area contributed by atoms with Gasteiger partial charge in [-0.25, -0.2) is 0 Å². The van der Waals surface area contributed by atoms with Crippen molar-refractivity contribution >= 4 is 35.1 Å². The van der Waals surface area contributed by atoms with Crippen molar-refractivity contribution in [2.24, 2.45) is 0 Å². The van der Waals surface area contributed by atoms with Crippen LogP contribution in [0.5, 0.6) is 17.2 Å². The zero-order valence-corrected chi connectivity index (χ0v) is 25.1. The summed E-state index contributed by atoms with van der Waals surface area (Å²) in [5.41, 5.74) is 3.18. The quantitative estimate of drug-likeness (QED) is 0.224. The Morgan fingerprint density at radius 2 is 1.69 bits per heavy atom. The minimum absolute atomic E-state index is 0.0858. The van der Waals surface area contributed by atoms with E-state index in [4.69, 9.17) is 14.2 Å². The number of fused-ring (bicyclic) bond motifs is 1. The van der Waals surface area contributed by atoms with E-state index in [1.807, 2.05) is 67.9 Å². The SMILES string of the molecule is COc1ccc(CCN(C)CCCCOc2ccc(C3(SC)Sc4ccccc4N(C)C3=O)cc2)cc1OC. The van der Waals surface area contributed by atoms with Gasteiger partial charge in [0, 0.05) is 18.5 Å². The smallest absolute Gasteiger partial charge is 0.258 e. The second kappa shape index (κ2) is 13.5. The van der Waals surface area contributed by atoms with Gasteiger partial charge in [-0.15, -0.1) is 11.8 Å². The Labute approximate surface area is 241 Å². The van der Waals surface area contributed by atoms with Crippen molar-refractivity contribution < 1.29 is 19.0 Å². The van der Waals surface area contributed by atoms with Gasteiger partial charge in [-0.2, -0.15) is 0 Å². The van der Waals surface area contributed by atoms with E-state index in [0.717, 1.165) is 65.7 Å². The summed E-state index contributed by atoms with van der Waals surface area (Å²) in [6.45, 7) is 2.66. The summed E-state index contributed by atoms with van der Waals surface area (Å²) in [6, 6.07) is 22.2. The van der Waals surface area contributed by atoms with E-state index in [1.165, 1.54) is 5.56 Å². The molecule has 8 heteroatoms. The van der Waals surface area contributed by atoms with Crippen LogP contribution in [0.3, 0.4) is 0 Å². The van der Waals surface area contributed by atoms with Crippen molar-refractivity contribution in [1.82, 2.24) is 4.90 Å². The number of unbranched alkanes of at least 4 members (excludes halogenated alkanes) is 1. The minimum Gasteiger partial charge on any atom is -0.494 e. The number of carbonyl (C=O) groups is 1. The van der Waals surface area contributed by atoms with E-state index in [1.54, 1.807) is 42.6 Å². The van der Waals surface area contributed by atoms with E-state index >= 15 is 0 Å². The highest BCUT2D eigenvalue weighted by Crippen LogP contribution is 2.55. The van der Waals surface area contributed by atoms with E-state index in [2.05, 4.69) is 24.1 Å². The second-order valence-corrected chi connectivity index (χ2v) is 12.1. The molecule has 3 aromatic carbocycles. The van der Waals surface area contributed by atoms with Crippen LogP contribution in [0.25, 0.3) is 0 Å². The molecule has 4 rings (SSSR count). The highest BCUT2D eigenvalue weighted by Gasteiger charge is 2.47. The number of anilines is 1. The van der Waals surface area contributed by atoms with E-state index in [0.29, 0.717) is 6.61 Å². The summed E-state index contributed by atoms with van der Waals surface area (Å²) in [5, 5.41) is 0. The molecule has 0 saturated carbocycles. The van der Waals surface area contributed by atoms with Gasteiger partial charge in [0.25, 0.3) is 5.91 Å². The number of likely N-dealkylation sites (N-methyl/N-ethyl adjacent to an activating group) is 2. The largest absolute Gasteiger partial charge is 0.494 e. The summed E-state index contributed by atoms with van der Waals surface area (Å²) in [4.78, 5) is 18.7. The lowest BCUT2D eigenvalue weighted by molar-refractivity contribution is -0.118. The lowest BCUT2D eigenvalue weighted by atomic mass is 10.1. The third-order valence-electron chi connectivity index (χ3n) is 7.02. The summed E-state index contributed by atoms with van der Waals surface area (Å²) < 4.78 is 16.1. The van der Waals surface area contributed by atoms with Crippen LogP contribution in [0.2, 0.25) is 0 Å². The Morgan fingerprint density at radius 3 is 2.41 bits per heavy atom. The van der Waals surface area contributed by atoms with Crippen LogP contribution in [-0.2, 0) is 15.3 Å². The molecule has 1 atom stereocenters. The fraction of sp³-hybridized carbons (Fsp3) is 0.387. The van der Waals surface area contributed by atoms with Crippen molar-refractivity contribution in [3.8, 4) is 17.2 Å². The topological polar surface area (TPSA) is 51.2 Å². The molecule has 0 spiro atoms. The molecule has 1 aliphatic rings. The fourth-order valence-corrected chi connectivity index (χ4v) is 7.22. The molecule has 0 bridgehead atoms. The zero-order valence-electron chi connectivity index (χ0n) is 23.4. The van der Waals surface area contributed by atoms with Crippen molar-refractivity contribution in [1.29, 1.82) is 0 Å². The van der Waals surface area contributed by atoms with Crippen LogP contribution >= 0.6 is 23.5 Å². The third-order valence-corrected chi connectivity index (χ3v) is 10.0. The number of thioether (sulfide) groups is 2. The Hall–Kier alpha value is -2.81. The van der Waals surface area contributed by atoms with Gasteiger partial charge in [-0.05, 0) is 86.6 Å². The first kappa shape index (κ1) is 29.2. The van der Waals surface area contributed by atoms with E-state index in [9.17, 15) is 4.79 Å². The van der Waals surface area contributed by atoms with Crippen LogP contribution in [0, 0.1) is 0 Å². The summed E-state index contributed by atoms with van der Waals surface area (Å²) in [6.07, 6.45) is 5.00. The first-order chi connectivity index (χ1) is 18.9. The van der Waals surface area contributed by atoms with Crippen LogP contribution in [-0.4, -0.2) is 65.1 Å². The van der Waals surface area contributed by atoms with Crippen LogP contribution < -0.4 is 19.1 Å². The van der Waals surface area contributed by atoms with Gasteiger partial charge in [0.2, 0.25) is 0 Å². The van der Waals surface area contributed by atoms with Gasteiger partial charge in [0.15, 0.2) is 15.6 Å². The van der Waals surface area contributed by atoms with Crippen LogP contribution in [0.1, 0.15) is 24.0 Å². The maximum atomic E-state index is 13.4. The number of benzene rings is 3. The highest BCUT2D eigenvalue weighted by atomic mass is 32.2. The fourth-order valence-electron chi connectivity index (χ4n) is 4.69. The molecule has 39 heavy (non-hydrogen) atoms. The van der Waals surface area contributed by atoms with Crippen LogP contribution in [0.15, 0.2) is 71.6 Å². The predicted molar refractivity (Wildman–Crippen MR) is 163 cm³/mol. The van der Waals surface area contributed by atoms with Gasteiger partial charge in [-0.1, -0.05) is 42.1 Å². The minimum atomic E-state index is -0.705. The molecule has 0 N–H and O–H groups in total. The molecule has 6 nitrogen and oxygen atoms in total. The van der Waals surface area contributed by atoms with Gasteiger partial charge in [0.05, 0.1) is 26.5 Å². The Balaban J connectivity index is 1.23. The Morgan fingerprint density at radius 1 is 0.949 bits per heavy atom. The molecule has 1 aliphatic heterocycles. The number of amides is 1. The number of ether oxygens (including phenoxy) is 3. The van der Waals surface area contributed by atoms with Gasteiger partial charge >= 0.3 is 0 Å². The molecule has 0 saturated heterocycles. The van der Waals surface area contributed by atoms with E-state index in [-0.39, 0.29) is 5.91 Å². The van der Waals surface area contributed by atoms with Crippen molar-refractivity contribution in [2.45, 2.75) is 28.2 Å². The molecule has 1 unspecified atom stereocenters. The average Bonchev–Trinajstić information content (AvgIpc) is 2.98. The number of nitrogens with zero attached hydrogens (tertiary/aromatic N) is 2. The number of hydrogen-bond acceptors (Lipinski definition) is 7. The van der Waals surface area contributed by atoms with Gasteiger partial charge < -0.3 is 24.0 Å². The van der Waals surface area contributed by atoms with Crippen molar-refractivity contribution in [3.63, 3.8) is 0 Å². The number of rotatable bonds is 13. The van der Waals surface area contributed by atoms with Crippen molar-refractivity contribution in [2.75, 3.05) is 59.2 Å². The second-order valence-electron chi connectivity index (χ2n) is 9.58. The highest BCUT2D eigenvalue weighted by molar-refractivity contribution is 8.18. The first-order valence-electron chi connectivity index (χ1n) is 13.2. The molecule has 0 radical (unpaired) electrons. The normalized spacial score (nSPS) is 16.8. The Kier molecular flexibility index (Phi) is 10.1. The summed E-state index contributed by atoms with van der Waals surface area (Å²) in [5.74, 6) is 2.45. The maximum Gasteiger partial charge on any atom is 0.258 e. The van der Waals surface area contributed by atoms with Crippen LogP contribution in [0.4, 0.5) is 5.69 Å². The summed E-state index contributed by atoms with van der Waals surface area (Å²) >= 11 is 3.20. The number of carbonyl (C=O) groups excluding carboxylic acids is 1. The average molecular weight is 567 g/mol. The first-order valence-corrected chi connectivity index (χ1v) is 15.2. The molecule has 0 aliphatic carbocycles. The molecule has 0 fully saturated rings.